The number of morpholine rings is 1. The van der Waals surface area contributed by atoms with Crippen molar-refractivity contribution in [2.75, 3.05) is 45.3 Å². The van der Waals surface area contributed by atoms with E-state index in [1.54, 1.807) is 12.1 Å². The van der Waals surface area contributed by atoms with Crippen molar-refractivity contribution >= 4 is 29.2 Å². The molecule has 7 heteroatoms. The second-order valence-electron chi connectivity index (χ2n) is 7.85. The molecule has 0 bridgehead atoms. The van der Waals surface area contributed by atoms with Gasteiger partial charge in [0.1, 0.15) is 0 Å². The molecule has 1 aliphatic carbocycles. The maximum Gasteiger partial charge on any atom is 0.283 e. The van der Waals surface area contributed by atoms with E-state index >= 15 is 0 Å². The third-order valence-electron chi connectivity index (χ3n) is 5.56. The van der Waals surface area contributed by atoms with Gasteiger partial charge >= 0.3 is 0 Å². The zero-order valence-electron chi connectivity index (χ0n) is 17.9. The second-order valence-corrected chi connectivity index (χ2v) is 8.99. The number of nitro groups is 1. The van der Waals surface area contributed by atoms with Crippen LogP contribution in [-0.4, -0.2) is 50.2 Å². The number of hydrogen-bond donors (Lipinski definition) is 0. The first kappa shape index (κ1) is 21.5. The van der Waals surface area contributed by atoms with Crippen LogP contribution in [0.3, 0.4) is 0 Å². The first-order chi connectivity index (χ1) is 15.0. The van der Waals surface area contributed by atoms with Gasteiger partial charge in [-0.3, -0.25) is 10.1 Å². The fourth-order valence-electron chi connectivity index (χ4n) is 3.97. The molecule has 6 nitrogen and oxygen atoms in total. The van der Waals surface area contributed by atoms with Crippen LogP contribution < -0.4 is 4.90 Å². The van der Waals surface area contributed by atoms with E-state index in [2.05, 4.69) is 40.1 Å². The predicted octanol–water partition coefficient (Wildman–Crippen LogP) is 5.17. The minimum atomic E-state index is -0.296. The maximum absolute atomic E-state index is 11.5. The van der Waals surface area contributed by atoms with Gasteiger partial charge in [-0.25, -0.2) is 0 Å². The molecule has 1 aliphatic heterocycles. The molecule has 0 aromatic heterocycles. The van der Waals surface area contributed by atoms with Gasteiger partial charge in [0.2, 0.25) is 0 Å². The van der Waals surface area contributed by atoms with Crippen molar-refractivity contribution in [2.24, 2.45) is 0 Å². The molecule has 0 radical (unpaired) electrons. The Bertz CT molecular complexity index is 1010. The average molecular weight is 438 g/mol. The lowest BCUT2D eigenvalue weighted by Crippen LogP contribution is -2.35. The topological polar surface area (TPSA) is 58.8 Å². The first-order valence-electron chi connectivity index (χ1n) is 10.5. The van der Waals surface area contributed by atoms with Crippen LogP contribution in [0.1, 0.15) is 18.4 Å². The summed E-state index contributed by atoms with van der Waals surface area (Å²) in [5.74, 6) is 0. The van der Waals surface area contributed by atoms with Crippen molar-refractivity contribution in [3.63, 3.8) is 0 Å². The lowest BCUT2D eigenvalue weighted by Gasteiger charge is -2.31. The van der Waals surface area contributed by atoms with E-state index in [1.165, 1.54) is 39.2 Å². The van der Waals surface area contributed by atoms with E-state index in [4.69, 9.17) is 4.74 Å². The highest BCUT2D eigenvalue weighted by Crippen LogP contribution is 2.45. The van der Waals surface area contributed by atoms with Gasteiger partial charge < -0.3 is 14.5 Å². The molecule has 1 saturated heterocycles. The lowest BCUT2D eigenvalue weighted by atomic mass is 10.1. The number of nitrogens with zero attached hydrogens (tertiary/aromatic N) is 3. The Kier molecular flexibility index (Phi) is 6.63. The zero-order chi connectivity index (χ0) is 21.8. The molecule has 2 aromatic carbocycles. The minimum absolute atomic E-state index is 0.165. The molecule has 1 heterocycles. The Morgan fingerprint density at radius 1 is 1.06 bits per heavy atom. The Morgan fingerprint density at radius 3 is 2.45 bits per heavy atom. The van der Waals surface area contributed by atoms with Crippen molar-refractivity contribution in [1.29, 1.82) is 0 Å². The quantitative estimate of drug-likeness (QED) is 0.459. The van der Waals surface area contributed by atoms with Gasteiger partial charge in [0, 0.05) is 43.8 Å². The highest BCUT2D eigenvalue weighted by atomic mass is 32.2. The van der Waals surface area contributed by atoms with Crippen LogP contribution in [0.2, 0.25) is 0 Å². The van der Waals surface area contributed by atoms with Crippen molar-refractivity contribution in [3.8, 4) is 0 Å². The highest BCUT2D eigenvalue weighted by molar-refractivity contribution is 8.03. The summed E-state index contributed by atoms with van der Waals surface area (Å²) in [6.45, 7) is 3.09. The Labute approximate surface area is 187 Å². The van der Waals surface area contributed by atoms with E-state index in [-0.39, 0.29) is 10.6 Å². The first-order valence-corrected chi connectivity index (χ1v) is 11.3. The number of rotatable bonds is 6. The standard InChI is InChI=1S/C24H27N3O3S/c1-25(2)20-10-7-18(8-11-20)17-19-9-12-23(24(19)26-13-15-30-16-14-26)31-22-6-4-3-5-21(22)27(28)29/h3-8,10-11,17H,9,12-16H2,1-2H3/b19-17+. The van der Waals surface area contributed by atoms with Crippen LogP contribution in [-0.2, 0) is 4.74 Å². The van der Waals surface area contributed by atoms with Gasteiger partial charge in [-0.1, -0.05) is 36.0 Å². The molecular weight excluding hydrogens is 410 g/mol. The van der Waals surface area contributed by atoms with Crippen LogP contribution >= 0.6 is 11.8 Å². The summed E-state index contributed by atoms with van der Waals surface area (Å²) in [7, 11) is 4.08. The maximum atomic E-state index is 11.5. The Hall–Kier alpha value is -2.77. The number of anilines is 1. The van der Waals surface area contributed by atoms with Gasteiger partial charge in [0.25, 0.3) is 5.69 Å². The molecule has 2 aliphatic rings. The van der Waals surface area contributed by atoms with Crippen LogP contribution in [0.5, 0.6) is 0 Å². The SMILES string of the molecule is CN(C)c1ccc(/C=C2\CCC(Sc3ccccc3[N+](=O)[O-])=C2N2CCOCC2)cc1. The predicted molar refractivity (Wildman–Crippen MR) is 126 cm³/mol. The summed E-state index contributed by atoms with van der Waals surface area (Å²) in [5, 5.41) is 11.5. The fourth-order valence-corrected chi connectivity index (χ4v) is 5.19. The molecule has 4 rings (SSSR count). The van der Waals surface area contributed by atoms with Gasteiger partial charge in [-0.05, 0) is 48.3 Å². The molecule has 0 amide bonds. The summed E-state index contributed by atoms with van der Waals surface area (Å²) in [4.78, 5) is 17.6. The van der Waals surface area contributed by atoms with Gasteiger partial charge in [0.15, 0.2) is 0 Å². The third-order valence-corrected chi connectivity index (χ3v) is 6.77. The minimum Gasteiger partial charge on any atom is -0.378 e. The summed E-state index contributed by atoms with van der Waals surface area (Å²) >= 11 is 1.54. The number of nitro benzene ring substituents is 1. The summed E-state index contributed by atoms with van der Waals surface area (Å²) < 4.78 is 5.57. The third kappa shape index (κ3) is 4.94. The van der Waals surface area contributed by atoms with Crippen LogP contribution in [0.15, 0.2) is 69.6 Å². The fraction of sp³-hybridized carbons (Fsp3) is 0.333. The van der Waals surface area contributed by atoms with Crippen LogP contribution in [0.25, 0.3) is 6.08 Å². The summed E-state index contributed by atoms with van der Waals surface area (Å²) in [5.41, 5.74) is 5.02. The van der Waals surface area contributed by atoms with E-state index < -0.39 is 0 Å². The van der Waals surface area contributed by atoms with Crippen molar-refractivity contribution in [2.45, 2.75) is 17.7 Å². The molecule has 0 unspecified atom stereocenters. The molecule has 2 aromatic rings. The summed E-state index contributed by atoms with van der Waals surface area (Å²) in [6, 6.07) is 15.5. The molecular formula is C24H27N3O3S. The largest absolute Gasteiger partial charge is 0.378 e. The smallest absolute Gasteiger partial charge is 0.283 e. The number of thioether (sulfide) groups is 1. The number of para-hydroxylation sites is 1. The lowest BCUT2D eigenvalue weighted by molar-refractivity contribution is -0.387. The number of ether oxygens (including phenoxy) is 1. The van der Waals surface area contributed by atoms with Crippen LogP contribution in [0, 0.1) is 10.1 Å². The Balaban J connectivity index is 1.69. The normalized spacial score (nSPS) is 18.0. The number of allylic oxidation sites excluding steroid dienone is 2. The van der Waals surface area contributed by atoms with E-state index in [0.29, 0.717) is 18.1 Å². The second kappa shape index (κ2) is 9.58. The van der Waals surface area contributed by atoms with Gasteiger partial charge in [-0.15, -0.1) is 0 Å². The molecule has 0 N–H and O–H groups in total. The van der Waals surface area contributed by atoms with Gasteiger partial charge in [-0.2, -0.15) is 0 Å². The van der Waals surface area contributed by atoms with Crippen LogP contribution in [0.4, 0.5) is 11.4 Å². The zero-order valence-corrected chi connectivity index (χ0v) is 18.7. The molecule has 1 fully saturated rings. The van der Waals surface area contributed by atoms with Crippen molar-refractivity contribution in [3.05, 3.63) is 80.4 Å². The summed E-state index contributed by atoms with van der Waals surface area (Å²) in [6.07, 6.45) is 4.09. The monoisotopic (exact) mass is 437 g/mol. The molecule has 0 spiro atoms. The molecule has 162 valence electrons. The molecule has 0 saturated carbocycles. The van der Waals surface area contributed by atoms with E-state index in [9.17, 15) is 10.1 Å². The van der Waals surface area contributed by atoms with Crippen molar-refractivity contribution < 1.29 is 9.66 Å². The number of benzene rings is 2. The van der Waals surface area contributed by atoms with E-state index in [0.717, 1.165) is 25.9 Å². The van der Waals surface area contributed by atoms with E-state index in [1.807, 2.05) is 26.2 Å². The van der Waals surface area contributed by atoms with Gasteiger partial charge in [0.05, 0.1) is 28.7 Å². The number of hydrogen-bond acceptors (Lipinski definition) is 6. The van der Waals surface area contributed by atoms with Crippen molar-refractivity contribution in [1.82, 2.24) is 4.90 Å². The molecule has 0 atom stereocenters. The Morgan fingerprint density at radius 2 is 1.77 bits per heavy atom. The highest BCUT2D eigenvalue weighted by Gasteiger charge is 2.28. The molecule has 31 heavy (non-hydrogen) atoms. The average Bonchev–Trinajstić information content (AvgIpc) is 3.17.